The van der Waals surface area contributed by atoms with Crippen LogP contribution in [0.3, 0.4) is 0 Å². The molecule has 0 aliphatic rings. The lowest BCUT2D eigenvalue weighted by molar-refractivity contribution is 0.276. The summed E-state index contributed by atoms with van der Waals surface area (Å²) in [6.45, 7) is 0. The molecule has 0 aliphatic carbocycles. The Morgan fingerprint density at radius 1 is 0.500 bits per heavy atom. The number of aromatic nitrogens is 1. The highest BCUT2D eigenvalue weighted by atomic mass is 16.5. The number of hydrogen-bond donors (Lipinski definition) is 12. The second-order valence-corrected chi connectivity index (χ2v) is 3.58. The summed E-state index contributed by atoms with van der Waals surface area (Å²) >= 11 is 0. The minimum absolute atomic E-state index is 1.06. The summed E-state index contributed by atoms with van der Waals surface area (Å²) in [5.41, 5.74) is 1.06. The Morgan fingerprint density at radius 2 is 0.808 bits per heavy atom. The van der Waals surface area contributed by atoms with Crippen LogP contribution in [0, 0.1) is 0 Å². The lowest BCUT2D eigenvalue weighted by Gasteiger charge is -1.91. The van der Waals surface area contributed by atoms with E-state index in [1.165, 1.54) is 5.39 Å². The molecule has 0 radical (unpaired) electrons. The van der Waals surface area contributed by atoms with Crippen LogP contribution < -0.4 is 0 Å². The fraction of sp³-hybridized carbons (Fsp3) is 0. The highest BCUT2D eigenvalue weighted by Gasteiger charge is 1.93. The molecule has 1 aromatic heterocycles. The number of nitrogens with zero attached hydrogens (tertiary/aromatic N) is 1. The first-order valence-electron chi connectivity index (χ1n) is 6.36. The first-order valence-corrected chi connectivity index (χ1v) is 6.36. The molecule has 0 bridgehead atoms. The van der Waals surface area contributed by atoms with Crippen molar-refractivity contribution >= 4 is 40.2 Å². The van der Waals surface area contributed by atoms with E-state index < -0.39 is 29.3 Å². The molecule has 0 amide bonds. The molecule has 17 heteroatoms. The van der Waals surface area contributed by atoms with Crippen LogP contribution in [-0.2, 0) is 0 Å². The van der Waals surface area contributed by atoms with E-state index >= 15 is 0 Å². The molecule has 12 N–H and O–H groups in total. The summed E-state index contributed by atoms with van der Waals surface area (Å²) in [6.07, 6.45) is 1.81. The van der Waals surface area contributed by atoms with Crippen molar-refractivity contribution in [2.24, 2.45) is 0 Å². The maximum Gasteiger partial charge on any atom is 0.631 e. The third-order valence-corrected chi connectivity index (χ3v) is 1.51. The van der Waals surface area contributed by atoms with E-state index in [-0.39, 0.29) is 0 Å². The third kappa shape index (κ3) is 38.1. The molecule has 2 aromatic rings. The van der Waals surface area contributed by atoms with Gasteiger partial charge in [0.15, 0.2) is 0 Å². The smallest absolute Gasteiger partial charge is 0.402 e. The highest BCUT2D eigenvalue weighted by Crippen LogP contribution is 2.07. The Bertz CT molecular complexity index is 434. The molecule has 0 fully saturated rings. The minimum atomic E-state index is -2.17. The predicted molar refractivity (Wildman–Crippen MR) is 91.4 cm³/mol. The largest absolute Gasteiger partial charge is 0.631 e. The zero-order valence-electron chi connectivity index (χ0n) is 13.2. The lowest BCUT2D eigenvalue weighted by Crippen LogP contribution is -2.07. The molecule has 0 saturated carbocycles. The lowest BCUT2D eigenvalue weighted by atomic mass is 10.2. The zero-order chi connectivity index (χ0) is 21.1. The van der Waals surface area contributed by atoms with Crippen molar-refractivity contribution in [1.29, 1.82) is 0 Å². The van der Waals surface area contributed by atoms with Crippen molar-refractivity contribution in [3.8, 4) is 0 Å². The van der Waals surface area contributed by atoms with Crippen LogP contribution >= 0.6 is 0 Å². The summed E-state index contributed by atoms with van der Waals surface area (Å²) in [5.74, 6) is 0. The molecule has 0 spiro atoms. The van der Waals surface area contributed by atoms with Gasteiger partial charge < -0.3 is 60.3 Å². The van der Waals surface area contributed by atoms with E-state index in [0.717, 1.165) is 5.52 Å². The molecule has 13 nitrogen and oxygen atoms in total. The Kier molecular flexibility index (Phi) is 22.1. The molecule has 0 saturated heterocycles. The molecule has 1 heterocycles. The van der Waals surface area contributed by atoms with Gasteiger partial charge in [-0.05, 0) is 12.1 Å². The minimum Gasteiger partial charge on any atom is -0.402 e. The van der Waals surface area contributed by atoms with Gasteiger partial charge >= 0.3 is 29.3 Å². The fourth-order valence-electron chi connectivity index (χ4n) is 1.02. The van der Waals surface area contributed by atoms with Gasteiger partial charge in [-0.3, -0.25) is 4.98 Å². The van der Waals surface area contributed by atoms with Gasteiger partial charge in [-0.2, -0.15) is 0 Å². The number of rotatable bonds is 0. The maximum atomic E-state index is 7.17. The Balaban J connectivity index is -0.000000284. The standard InChI is InChI=1S/C9H7N.4BH3O3/c1-2-6-9-8(4-1)5-3-7-10-9;4*2-1(3)4/h1-7H;4*2-4H. The number of pyridine rings is 1. The van der Waals surface area contributed by atoms with E-state index in [0.29, 0.717) is 0 Å². The monoisotopic (exact) mass is 377 g/mol. The van der Waals surface area contributed by atoms with Crippen molar-refractivity contribution in [1.82, 2.24) is 4.98 Å². The first kappa shape index (κ1) is 29.2. The number of fused-ring (bicyclic) bond motifs is 1. The Hall–Kier alpha value is -1.59. The van der Waals surface area contributed by atoms with Crippen LogP contribution in [0.5, 0.6) is 0 Å². The van der Waals surface area contributed by atoms with Crippen LogP contribution in [0.25, 0.3) is 10.9 Å². The average Bonchev–Trinajstić information content (AvgIpc) is 2.45. The van der Waals surface area contributed by atoms with E-state index in [1.54, 1.807) is 0 Å². The Morgan fingerprint density at radius 3 is 1.15 bits per heavy atom. The molecular formula is C9H19B4NO12. The maximum absolute atomic E-state index is 7.17. The van der Waals surface area contributed by atoms with E-state index in [1.807, 2.05) is 30.5 Å². The molecule has 2 rings (SSSR count). The van der Waals surface area contributed by atoms with Crippen molar-refractivity contribution in [2.45, 2.75) is 0 Å². The predicted octanol–water partition coefficient (Wildman–Crippen LogP) is -5.97. The van der Waals surface area contributed by atoms with Crippen molar-refractivity contribution in [2.75, 3.05) is 0 Å². The summed E-state index contributed by atoms with van der Waals surface area (Å²) in [6, 6.07) is 12.1. The molecule has 144 valence electrons. The van der Waals surface area contributed by atoms with Crippen LogP contribution in [0.4, 0.5) is 0 Å². The third-order valence-electron chi connectivity index (χ3n) is 1.51. The van der Waals surface area contributed by atoms with Gasteiger partial charge in [0.05, 0.1) is 5.52 Å². The molecule has 0 unspecified atom stereocenters. The second-order valence-electron chi connectivity index (χ2n) is 3.58. The fourth-order valence-corrected chi connectivity index (χ4v) is 1.02. The summed E-state index contributed by atoms with van der Waals surface area (Å²) < 4.78 is 0. The van der Waals surface area contributed by atoms with Gasteiger partial charge in [0, 0.05) is 11.6 Å². The average molecular weight is 376 g/mol. The normalized spacial score (nSPS) is 8.00. The molecule has 0 atom stereocenters. The summed E-state index contributed by atoms with van der Waals surface area (Å²) in [5, 5.41) is 87.2. The highest BCUT2D eigenvalue weighted by molar-refractivity contribution is 6.31. The quantitative estimate of drug-likeness (QED) is 0.191. The Labute approximate surface area is 149 Å². The van der Waals surface area contributed by atoms with Crippen LogP contribution in [0.2, 0.25) is 0 Å². The van der Waals surface area contributed by atoms with E-state index in [2.05, 4.69) is 17.1 Å². The SMILES string of the molecule is OB(O)O.OB(O)O.OB(O)O.OB(O)O.c1ccc2ncccc2c1. The van der Waals surface area contributed by atoms with Gasteiger partial charge in [-0.25, -0.2) is 0 Å². The van der Waals surface area contributed by atoms with Crippen molar-refractivity contribution in [3.63, 3.8) is 0 Å². The molecule has 1 aromatic carbocycles. The van der Waals surface area contributed by atoms with Crippen molar-refractivity contribution in [3.05, 3.63) is 42.6 Å². The van der Waals surface area contributed by atoms with E-state index in [9.17, 15) is 0 Å². The number of para-hydroxylation sites is 1. The molecule has 26 heavy (non-hydrogen) atoms. The summed E-state index contributed by atoms with van der Waals surface area (Å²) in [7, 11) is -8.67. The van der Waals surface area contributed by atoms with Gasteiger partial charge in [0.25, 0.3) is 0 Å². The van der Waals surface area contributed by atoms with Gasteiger partial charge in [0.2, 0.25) is 0 Å². The molecular weight excluding hydrogens is 357 g/mol. The first-order chi connectivity index (χ1) is 11.9. The number of hydrogen-bond acceptors (Lipinski definition) is 13. The van der Waals surface area contributed by atoms with Gasteiger partial charge in [0.1, 0.15) is 0 Å². The van der Waals surface area contributed by atoms with Gasteiger partial charge in [-0.15, -0.1) is 0 Å². The van der Waals surface area contributed by atoms with Crippen LogP contribution in [0.15, 0.2) is 42.6 Å². The van der Waals surface area contributed by atoms with Crippen LogP contribution in [0.1, 0.15) is 0 Å². The van der Waals surface area contributed by atoms with Crippen LogP contribution in [-0.4, -0.2) is 94.6 Å². The number of benzene rings is 1. The molecule has 0 aliphatic heterocycles. The topological polar surface area (TPSA) is 256 Å². The van der Waals surface area contributed by atoms with Gasteiger partial charge in [-0.1, -0.05) is 24.3 Å². The zero-order valence-corrected chi connectivity index (χ0v) is 13.2. The summed E-state index contributed by atoms with van der Waals surface area (Å²) in [4.78, 5) is 4.18. The van der Waals surface area contributed by atoms with Crippen molar-refractivity contribution < 1.29 is 60.3 Å². The van der Waals surface area contributed by atoms with E-state index in [4.69, 9.17) is 60.3 Å². The second kappa shape index (κ2) is 19.7.